The molecule has 22 heavy (non-hydrogen) atoms. The topological polar surface area (TPSA) is 50.7 Å². The summed E-state index contributed by atoms with van der Waals surface area (Å²) in [5, 5.41) is 0.315. The molecule has 1 N–H and O–H groups in total. The summed E-state index contributed by atoms with van der Waals surface area (Å²) in [6.45, 7) is 3.49. The molecule has 2 aromatic heterocycles. The van der Waals surface area contributed by atoms with Crippen LogP contribution >= 0.6 is 0 Å². The maximum Gasteiger partial charge on any atom is 0.418 e. The maximum atomic E-state index is 13.3. The first kappa shape index (κ1) is 14.4. The average Bonchev–Trinajstić information content (AvgIpc) is 2.75. The van der Waals surface area contributed by atoms with E-state index < -0.39 is 17.3 Å². The molecule has 3 rings (SSSR count). The second-order valence-electron chi connectivity index (χ2n) is 5.08. The number of rotatable bonds is 1. The summed E-state index contributed by atoms with van der Waals surface area (Å²) in [4.78, 5) is 17.8. The van der Waals surface area contributed by atoms with Crippen LogP contribution in [0.25, 0.3) is 16.6 Å². The van der Waals surface area contributed by atoms with Gasteiger partial charge in [0.2, 0.25) is 5.56 Å². The van der Waals surface area contributed by atoms with Crippen LogP contribution in [-0.4, -0.2) is 14.5 Å². The molecule has 0 amide bonds. The minimum atomic E-state index is -4.57. The third-order valence-corrected chi connectivity index (χ3v) is 3.40. The SMILES string of the molecule is Cc1cn(-c2cc(C(F)(F)F)c3[nH]c(=O)ccc3c2)c(C)n1. The summed E-state index contributed by atoms with van der Waals surface area (Å²) in [5.74, 6) is 0.592. The Bertz CT molecular complexity index is 922. The minimum absolute atomic E-state index is 0.210. The number of aromatic nitrogens is 3. The fourth-order valence-electron chi connectivity index (χ4n) is 2.49. The monoisotopic (exact) mass is 307 g/mol. The van der Waals surface area contributed by atoms with E-state index in [1.807, 2.05) is 0 Å². The van der Waals surface area contributed by atoms with Crippen LogP contribution in [0.2, 0.25) is 0 Å². The van der Waals surface area contributed by atoms with Gasteiger partial charge in [0.05, 0.1) is 16.8 Å². The Kier molecular flexibility index (Phi) is 3.09. The number of nitrogens with one attached hydrogen (secondary N) is 1. The molecule has 1 aromatic carbocycles. The van der Waals surface area contributed by atoms with Gasteiger partial charge in [-0.25, -0.2) is 4.98 Å². The number of hydrogen-bond donors (Lipinski definition) is 1. The summed E-state index contributed by atoms with van der Waals surface area (Å²) in [6.07, 6.45) is -2.90. The quantitative estimate of drug-likeness (QED) is 0.749. The normalized spacial score (nSPS) is 12.0. The number of H-pyrrole nitrogens is 1. The van der Waals surface area contributed by atoms with Gasteiger partial charge in [-0.1, -0.05) is 0 Å². The van der Waals surface area contributed by atoms with Gasteiger partial charge in [0.1, 0.15) is 5.82 Å². The Balaban J connectivity index is 2.37. The molecule has 7 heteroatoms. The molecule has 0 spiro atoms. The van der Waals surface area contributed by atoms with Crippen LogP contribution in [0.3, 0.4) is 0 Å². The first-order valence-electron chi connectivity index (χ1n) is 6.53. The second-order valence-corrected chi connectivity index (χ2v) is 5.08. The van der Waals surface area contributed by atoms with Gasteiger partial charge in [0, 0.05) is 23.3 Å². The third-order valence-electron chi connectivity index (χ3n) is 3.40. The molecule has 114 valence electrons. The van der Waals surface area contributed by atoms with Crippen LogP contribution in [0.5, 0.6) is 0 Å². The number of alkyl halides is 3. The average molecular weight is 307 g/mol. The fraction of sp³-hybridized carbons (Fsp3) is 0.200. The molecule has 0 aliphatic heterocycles. The van der Waals surface area contributed by atoms with Gasteiger partial charge in [-0.2, -0.15) is 13.2 Å². The van der Waals surface area contributed by atoms with Crippen molar-refractivity contribution in [2.24, 2.45) is 0 Å². The zero-order valence-corrected chi connectivity index (χ0v) is 11.8. The van der Waals surface area contributed by atoms with E-state index in [2.05, 4.69) is 9.97 Å². The number of halogens is 3. The van der Waals surface area contributed by atoms with E-state index >= 15 is 0 Å². The van der Waals surface area contributed by atoms with Crippen molar-refractivity contribution in [3.63, 3.8) is 0 Å². The van der Waals surface area contributed by atoms with Crippen LogP contribution in [0, 0.1) is 13.8 Å². The van der Waals surface area contributed by atoms with E-state index in [4.69, 9.17) is 0 Å². The van der Waals surface area contributed by atoms with Crippen LogP contribution in [0.15, 0.2) is 35.3 Å². The lowest BCUT2D eigenvalue weighted by Gasteiger charge is -2.14. The lowest BCUT2D eigenvalue weighted by atomic mass is 10.1. The summed E-state index contributed by atoms with van der Waals surface area (Å²) in [7, 11) is 0. The van der Waals surface area contributed by atoms with Crippen molar-refractivity contribution in [3.05, 3.63) is 57.9 Å². The van der Waals surface area contributed by atoms with E-state index in [1.165, 1.54) is 12.1 Å². The van der Waals surface area contributed by atoms with Gasteiger partial charge in [-0.15, -0.1) is 0 Å². The van der Waals surface area contributed by atoms with Gasteiger partial charge >= 0.3 is 6.18 Å². The Morgan fingerprint density at radius 2 is 1.91 bits per heavy atom. The number of pyridine rings is 1. The molecule has 0 unspecified atom stereocenters. The van der Waals surface area contributed by atoms with E-state index in [1.54, 1.807) is 30.7 Å². The Hall–Kier alpha value is -2.57. The Morgan fingerprint density at radius 1 is 1.18 bits per heavy atom. The smallest absolute Gasteiger partial charge is 0.321 e. The molecule has 0 fully saturated rings. The lowest BCUT2D eigenvalue weighted by molar-refractivity contribution is -0.136. The number of aryl methyl sites for hydroxylation is 2. The fourth-order valence-corrected chi connectivity index (χ4v) is 2.49. The van der Waals surface area contributed by atoms with E-state index in [-0.39, 0.29) is 5.52 Å². The predicted octanol–water partition coefficient (Wildman–Crippen LogP) is 3.35. The van der Waals surface area contributed by atoms with Crippen molar-refractivity contribution in [2.45, 2.75) is 20.0 Å². The van der Waals surface area contributed by atoms with Crippen molar-refractivity contribution in [3.8, 4) is 5.69 Å². The molecular weight excluding hydrogens is 295 g/mol. The second kappa shape index (κ2) is 4.72. The largest absolute Gasteiger partial charge is 0.418 e. The molecule has 4 nitrogen and oxygen atoms in total. The summed E-state index contributed by atoms with van der Waals surface area (Å²) >= 11 is 0. The number of aromatic amines is 1. The zero-order chi connectivity index (χ0) is 16.1. The Labute approximate surface area is 123 Å². The zero-order valence-electron chi connectivity index (χ0n) is 11.8. The minimum Gasteiger partial charge on any atom is -0.321 e. The van der Waals surface area contributed by atoms with Crippen LogP contribution in [0.1, 0.15) is 17.1 Å². The van der Waals surface area contributed by atoms with Crippen molar-refractivity contribution in [1.82, 2.24) is 14.5 Å². The molecule has 0 atom stereocenters. The first-order valence-corrected chi connectivity index (χ1v) is 6.53. The lowest BCUT2D eigenvalue weighted by Crippen LogP contribution is -2.12. The molecule has 0 bridgehead atoms. The summed E-state index contributed by atoms with van der Waals surface area (Å²) in [5.41, 5.74) is -0.584. The molecular formula is C15H12F3N3O. The van der Waals surface area contributed by atoms with Crippen molar-refractivity contribution < 1.29 is 13.2 Å². The maximum absolute atomic E-state index is 13.3. The number of fused-ring (bicyclic) bond motifs is 1. The van der Waals surface area contributed by atoms with Crippen molar-refractivity contribution in [2.75, 3.05) is 0 Å². The van der Waals surface area contributed by atoms with Gasteiger partial charge in [-0.3, -0.25) is 4.79 Å². The van der Waals surface area contributed by atoms with Gasteiger partial charge in [-0.05, 0) is 32.0 Å². The molecule has 0 aliphatic carbocycles. The predicted molar refractivity (Wildman–Crippen MR) is 76.2 cm³/mol. The highest BCUT2D eigenvalue weighted by Crippen LogP contribution is 2.35. The molecule has 0 aliphatic rings. The van der Waals surface area contributed by atoms with Crippen LogP contribution in [-0.2, 0) is 6.18 Å². The third kappa shape index (κ3) is 2.38. The highest BCUT2D eigenvalue weighted by molar-refractivity contribution is 5.84. The molecule has 2 heterocycles. The molecule has 3 aromatic rings. The Morgan fingerprint density at radius 3 is 2.50 bits per heavy atom. The molecule has 0 saturated heterocycles. The standard InChI is InChI=1S/C15H12F3N3O/c1-8-7-21(9(2)19-8)11-5-10-3-4-13(22)20-14(10)12(6-11)15(16,17)18/h3-7H,1-2H3,(H,20,22). The van der Waals surface area contributed by atoms with Gasteiger partial charge in [0.25, 0.3) is 0 Å². The first-order chi connectivity index (χ1) is 10.3. The van der Waals surface area contributed by atoms with Crippen LogP contribution in [0.4, 0.5) is 13.2 Å². The number of nitrogens with zero attached hydrogens (tertiary/aromatic N) is 2. The highest BCUT2D eigenvalue weighted by atomic mass is 19.4. The number of imidazole rings is 1. The molecule has 0 saturated carbocycles. The van der Waals surface area contributed by atoms with Gasteiger partial charge < -0.3 is 9.55 Å². The van der Waals surface area contributed by atoms with E-state index in [9.17, 15) is 18.0 Å². The number of benzene rings is 1. The van der Waals surface area contributed by atoms with E-state index in [0.717, 1.165) is 6.07 Å². The van der Waals surface area contributed by atoms with Crippen molar-refractivity contribution in [1.29, 1.82) is 0 Å². The summed E-state index contributed by atoms with van der Waals surface area (Å²) in [6, 6.07) is 5.20. The van der Waals surface area contributed by atoms with Crippen molar-refractivity contribution >= 4 is 10.9 Å². The van der Waals surface area contributed by atoms with E-state index in [0.29, 0.717) is 22.6 Å². The highest BCUT2D eigenvalue weighted by Gasteiger charge is 2.33. The molecule has 0 radical (unpaired) electrons. The number of hydrogen-bond acceptors (Lipinski definition) is 2. The van der Waals surface area contributed by atoms with Gasteiger partial charge in [0.15, 0.2) is 0 Å². The summed E-state index contributed by atoms with van der Waals surface area (Å²) < 4.78 is 41.5. The van der Waals surface area contributed by atoms with Crippen LogP contribution < -0.4 is 5.56 Å².